The maximum Gasteiger partial charge on any atom is 0.105 e. The summed E-state index contributed by atoms with van der Waals surface area (Å²) in [6.07, 6.45) is 14.2. The highest BCUT2D eigenvalue weighted by molar-refractivity contribution is 4.82. The smallest absolute Gasteiger partial charge is 0.105 e. The highest BCUT2D eigenvalue weighted by atomic mass is 16.5. The molecule has 0 aromatic rings. The molecule has 0 saturated carbocycles. The number of rotatable bonds is 19. The van der Waals surface area contributed by atoms with E-state index in [0.29, 0.717) is 5.92 Å². The van der Waals surface area contributed by atoms with Gasteiger partial charge < -0.3 is 14.2 Å². The first kappa shape index (κ1) is 27.6. The van der Waals surface area contributed by atoms with Gasteiger partial charge in [-0.2, -0.15) is 0 Å². The Morgan fingerprint density at radius 3 is 1.41 bits per heavy atom. The van der Waals surface area contributed by atoms with Gasteiger partial charge in [-0.1, -0.05) is 73.1 Å². The summed E-state index contributed by atoms with van der Waals surface area (Å²) in [7, 11) is 0. The average molecular weight is 409 g/mol. The Bertz CT molecular complexity index is 431. The van der Waals surface area contributed by atoms with Gasteiger partial charge in [0.25, 0.3) is 0 Å². The van der Waals surface area contributed by atoms with E-state index in [1.165, 1.54) is 51.0 Å². The van der Waals surface area contributed by atoms with Crippen LogP contribution < -0.4 is 0 Å². The van der Waals surface area contributed by atoms with Crippen LogP contribution in [-0.2, 0) is 14.2 Å². The molecule has 0 aliphatic heterocycles. The monoisotopic (exact) mass is 408 g/mol. The molecule has 0 spiro atoms. The van der Waals surface area contributed by atoms with Crippen LogP contribution in [0.15, 0.2) is 38.5 Å². The molecule has 0 fully saturated rings. The first-order valence-corrected chi connectivity index (χ1v) is 11.2. The van der Waals surface area contributed by atoms with Gasteiger partial charge in [0.2, 0.25) is 0 Å². The molecule has 0 aliphatic rings. The van der Waals surface area contributed by atoms with Crippen LogP contribution >= 0.6 is 0 Å². The Morgan fingerprint density at radius 2 is 1.07 bits per heavy atom. The zero-order chi connectivity index (χ0) is 22.4. The molecule has 0 aliphatic carbocycles. The van der Waals surface area contributed by atoms with E-state index in [1.807, 2.05) is 0 Å². The molecule has 0 heterocycles. The summed E-state index contributed by atoms with van der Waals surface area (Å²) in [4.78, 5) is 0. The second-order valence-electron chi connectivity index (χ2n) is 10.4. The van der Waals surface area contributed by atoms with Crippen molar-refractivity contribution in [3.63, 3.8) is 0 Å². The molecule has 0 bridgehead atoms. The normalized spacial score (nSPS) is 12.5. The largest absolute Gasteiger partial charge is 0.501 e. The van der Waals surface area contributed by atoms with Gasteiger partial charge in [-0.15, -0.1) is 0 Å². The Balaban J connectivity index is 4.52. The predicted octanol–water partition coefficient (Wildman–Crippen LogP) is 8.03. The highest BCUT2D eigenvalue weighted by Gasteiger charge is 2.30. The Morgan fingerprint density at radius 1 is 0.655 bits per heavy atom. The number of hydrogen-bond donors (Lipinski definition) is 0. The van der Waals surface area contributed by atoms with Crippen molar-refractivity contribution in [1.82, 2.24) is 0 Å². The minimum atomic E-state index is -0.176. The number of unbranched alkanes of at least 4 members (excludes halogenated alkanes) is 2. The Labute approximate surface area is 181 Å². The van der Waals surface area contributed by atoms with Crippen LogP contribution in [0.1, 0.15) is 92.9 Å². The lowest BCUT2D eigenvalue weighted by Crippen LogP contribution is -2.33. The van der Waals surface area contributed by atoms with Gasteiger partial charge >= 0.3 is 0 Å². The molecule has 0 rings (SSSR count). The van der Waals surface area contributed by atoms with Crippen molar-refractivity contribution < 1.29 is 14.2 Å². The standard InChI is InChI=1S/C26H48O3/c1-10-27-21-24(4,5)19-15-13-17-23(26(8,9)29-12-3)18-14-16-20-25(6,7)22-28-11-2/h10-12,23H,1-3,13-22H2,4-9H3. The predicted molar refractivity (Wildman–Crippen MR) is 126 cm³/mol. The zero-order valence-electron chi connectivity index (χ0n) is 20.2. The summed E-state index contributed by atoms with van der Waals surface area (Å²) in [5, 5.41) is 0. The fourth-order valence-corrected chi connectivity index (χ4v) is 3.85. The number of hydrogen-bond acceptors (Lipinski definition) is 3. The molecule has 0 aromatic carbocycles. The maximum atomic E-state index is 5.90. The van der Waals surface area contributed by atoms with Gasteiger partial charge in [0.05, 0.1) is 32.0 Å². The molecule has 3 nitrogen and oxygen atoms in total. The van der Waals surface area contributed by atoms with Crippen molar-refractivity contribution in [3.05, 3.63) is 38.5 Å². The first-order valence-electron chi connectivity index (χ1n) is 11.2. The van der Waals surface area contributed by atoms with Gasteiger partial charge in [0.1, 0.15) is 5.60 Å². The van der Waals surface area contributed by atoms with Gasteiger partial charge in [0.15, 0.2) is 0 Å². The minimum absolute atomic E-state index is 0.176. The second-order valence-corrected chi connectivity index (χ2v) is 10.4. The van der Waals surface area contributed by atoms with Crippen molar-refractivity contribution in [2.45, 2.75) is 98.5 Å². The summed E-state index contributed by atoms with van der Waals surface area (Å²) >= 11 is 0. The van der Waals surface area contributed by atoms with Crippen molar-refractivity contribution >= 4 is 0 Å². The lowest BCUT2D eigenvalue weighted by atomic mass is 9.80. The van der Waals surface area contributed by atoms with E-state index in [4.69, 9.17) is 14.2 Å². The summed E-state index contributed by atoms with van der Waals surface area (Å²) in [5.41, 5.74) is 0.205. The number of ether oxygens (including phenoxy) is 3. The van der Waals surface area contributed by atoms with Crippen LogP contribution in [0.2, 0.25) is 0 Å². The van der Waals surface area contributed by atoms with Crippen LogP contribution in [0.4, 0.5) is 0 Å². The van der Waals surface area contributed by atoms with E-state index in [9.17, 15) is 0 Å². The molecule has 0 atom stereocenters. The SMILES string of the molecule is C=COCC(C)(C)CCCCC(CCCCC(C)(C)COC=C)C(C)(C)OC=C. The molecular formula is C26H48O3. The molecule has 0 unspecified atom stereocenters. The highest BCUT2D eigenvalue weighted by Crippen LogP contribution is 2.34. The molecule has 3 heteroatoms. The van der Waals surface area contributed by atoms with Crippen LogP contribution in [0, 0.1) is 16.7 Å². The quantitative estimate of drug-likeness (QED) is 0.160. The van der Waals surface area contributed by atoms with Gasteiger partial charge in [-0.05, 0) is 56.3 Å². The minimum Gasteiger partial charge on any atom is -0.501 e. The molecule has 0 aromatic heterocycles. The van der Waals surface area contributed by atoms with E-state index >= 15 is 0 Å². The van der Waals surface area contributed by atoms with Crippen molar-refractivity contribution in [2.75, 3.05) is 13.2 Å². The van der Waals surface area contributed by atoms with Gasteiger partial charge in [-0.3, -0.25) is 0 Å². The molecule has 170 valence electrons. The molecule has 0 amide bonds. The molecule has 0 saturated heterocycles. The van der Waals surface area contributed by atoms with Crippen LogP contribution in [0.25, 0.3) is 0 Å². The first-order chi connectivity index (χ1) is 13.5. The summed E-state index contributed by atoms with van der Waals surface area (Å²) in [6.45, 7) is 26.0. The van der Waals surface area contributed by atoms with E-state index in [2.05, 4.69) is 61.3 Å². The summed E-state index contributed by atoms with van der Waals surface area (Å²) < 4.78 is 16.7. The van der Waals surface area contributed by atoms with Crippen LogP contribution in [-0.4, -0.2) is 18.8 Å². The van der Waals surface area contributed by atoms with Crippen molar-refractivity contribution in [1.29, 1.82) is 0 Å². The Hall–Kier alpha value is -1.38. The topological polar surface area (TPSA) is 27.7 Å². The van der Waals surface area contributed by atoms with Crippen molar-refractivity contribution in [3.8, 4) is 0 Å². The van der Waals surface area contributed by atoms with Gasteiger partial charge in [-0.25, -0.2) is 0 Å². The molecule has 0 N–H and O–H groups in total. The van der Waals surface area contributed by atoms with Gasteiger partial charge in [0, 0.05) is 0 Å². The molecule has 0 radical (unpaired) electrons. The fraction of sp³-hybridized carbons (Fsp3) is 0.769. The Kier molecular flexibility index (Phi) is 13.1. The maximum absolute atomic E-state index is 5.90. The van der Waals surface area contributed by atoms with E-state index in [1.54, 1.807) is 6.26 Å². The molecule has 29 heavy (non-hydrogen) atoms. The van der Waals surface area contributed by atoms with Crippen LogP contribution in [0.3, 0.4) is 0 Å². The lowest BCUT2D eigenvalue weighted by molar-refractivity contribution is -0.00811. The van der Waals surface area contributed by atoms with E-state index in [0.717, 1.165) is 26.1 Å². The zero-order valence-corrected chi connectivity index (χ0v) is 20.2. The fourth-order valence-electron chi connectivity index (χ4n) is 3.85. The summed E-state index contributed by atoms with van der Waals surface area (Å²) in [6, 6.07) is 0. The lowest BCUT2D eigenvalue weighted by Gasteiger charge is -2.34. The third-order valence-corrected chi connectivity index (χ3v) is 5.87. The molecular weight excluding hydrogens is 360 g/mol. The third kappa shape index (κ3) is 13.5. The van der Waals surface area contributed by atoms with Crippen molar-refractivity contribution in [2.24, 2.45) is 16.7 Å². The second kappa shape index (κ2) is 13.8. The van der Waals surface area contributed by atoms with E-state index < -0.39 is 0 Å². The average Bonchev–Trinajstić information content (AvgIpc) is 2.63. The third-order valence-electron chi connectivity index (χ3n) is 5.87. The van der Waals surface area contributed by atoms with E-state index in [-0.39, 0.29) is 16.4 Å². The summed E-state index contributed by atoms with van der Waals surface area (Å²) in [5.74, 6) is 0.528. The van der Waals surface area contributed by atoms with Crippen LogP contribution in [0.5, 0.6) is 0 Å².